The second kappa shape index (κ2) is 6.52. The molecule has 0 saturated heterocycles. The summed E-state index contributed by atoms with van der Waals surface area (Å²) in [6.07, 6.45) is 6.20. The Morgan fingerprint density at radius 3 is 2.56 bits per heavy atom. The first-order valence-corrected chi connectivity index (χ1v) is 6.53. The van der Waals surface area contributed by atoms with Crippen LogP contribution in [0.5, 0.6) is 0 Å². The van der Waals surface area contributed by atoms with Crippen LogP contribution in [0.4, 0.5) is 0 Å². The molecule has 16 heavy (non-hydrogen) atoms. The fourth-order valence-corrected chi connectivity index (χ4v) is 1.81. The quantitative estimate of drug-likeness (QED) is 0.510. The highest BCUT2D eigenvalue weighted by molar-refractivity contribution is 9.13. The summed E-state index contributed by atoms with van der Waals surface area (Å²) in [6, 6.07) is 10.4. The van der Waals surface area contributed by atoms with E-state index in [1.165, 1.54) is 10.8 Å². The fraction of sp³-hybridized carbons (Fsp3) is 0.0833. The van der Waals surface area contributed by atoms with Crippen molar-refractivity contribution in [3.8, 4) is 0 Å². The summed E-state index contributed by atoms with van der Waals surface area (Å²) in [6.45, 7) is 0. The molecular formula is C12H10Br3N. The Morgan fingerprint density at radius 1 is 1.19 bits per heavy atom. The summed E-state index contributed by atoms with van der Waals surface area (Å²) < 4.78 is 3.16. The summed E-state index contributed by atoms with van der Waals surface area (Å²) in [4.78, 5) is 0. The predicted molar refractivity (Wildman–Crippen MR) is 71.1 cm³/mol. The topological polar surface area (TPSA) is 3.88 Å². The molecule has 1 nitrogen and oxygen atoms in total. The molecule has 1 aromatic carbocycles. The van der Waals surface area contributed by atoms with E-state index in [9.17, 15) is 0 Å². The van der Waals surface area contributed by atoms with E-state index in [4.69, 9.17) is 0 Å². The van der Waals surface area contributed by atoms with Crippen LogP contribution in [0.25, 0.3) is 17.0 Å². The van der Waals surface area contributed by atoms with Crippen molar-refractivity contribution in [1.82, 2.24) is 0 Å². The van der Waals surface area contributed by atoms with Crippen LogP contribution in [0.2, 0.25) is 0 Å². The van der Waals surface area contributed by atoms with Gasteiger partial charge >= 0.3 is 0 Å². The number of allylic oxidation sites excluding steroid dienone is 1. The van der Waals surface area contributed by atoms with Crippen molar-refractivity contribution < 1.29 is 21.5 Å². The van der Waals surface area contributed by atoms with Crippen molar-refractivity contribution in [2.75, 3.05) is 5.33 Å². The Balaban J connectivity index is 0.00000128. The molecule has 0 saturated carbocycles. The number of pyridine rings is 1. The molecule has 0 N–H and O–H groups in total. The predicted octanol–water partition coefficient (Wildman–Crippen LogP) is 0.720. The maximum absolute atomic E-state index is 3.47. The van der Waals surface area contributed by atoms with E-state index >= 15 is 0 Å². The Labute approximate surface area is 122 Å². The minimum atomic E-state index is 0. The van der Waals surface area contributed by atoms with Gasteiger partial charge in [-0.05, 0) is 27.4 Å². The fourth-order valence-electron chi connectivity index (χ4n) is 1.43. The van der Waals surface area contributed by atoms with Gasteiger partial charge in [-0.3, -0.25) is 0 Å². The first-order chi connectivity index (χ1) is 7.29. The molecule has 0 bridgehead atoms. The Morgan fingerprint density at radius 2 is 1.88 bits per heavy atom. The second-order valence-corrected chi connectivity index (χ2v) is 4.81. The van der Waals surface area contributed by atoms with Crippen LogP contribution < -0.4 is 21.5 Å². The Kier molecular flexibility index (Phi) is 5.66. The lowest BCUT2D eigenvalue weighted by molar-refractivity contribution is -0.566. The zero-order chi connectivity index (χ0) is 10.7. The van der Waals surface area contributed by atoms with Gasteiger partial charge in [0.25, 0.3) is 0 Å². The van der Waals surface area contributed by atoms with Crippen LogP contribution >= 0.6 is 31.9 Å². The highest BCUT2D eigenvalue weighted by Gasteiger charge is 2.00. The first kappa shape index (κ1) is 13.9. The molecule has 2 rings (SSSR count). The number of alkyl halides is 1. The molecule has 0 spiro atoms. The van der Waals surface area contributed by atoms with Crippen molar-refractivity contribution in [3.05, 3.63) is 47.2 Å². The van der Waals surface area contributed by atoms with Crippen molar-refractivity contribution in [3.63, 3.8) is 0 Å². The van der Waals surface area contributed by atoms with Gasteiger partial charge in [-0.15, -0.1) is 0 Å². The number of hydrogen-bond acceptors (Lipinski definition) is 0. The smallest absolute Gasteiger partial charge is 0.185 e. The third kappa shape index (κ3) is 3.40. The van der Waals surface area contributed by atoms with Gasteiger partial charge in [0.2, 0.25) is 0 Å². The average molecular weight is 408 g/mol. The van der Waals surface area contributed by atoms with Crippen molar-refractivity contribution in [1.29, 1.82) is 0 Å². The lowest BCUT2D eigenvalue weighted by atomic mass is 10.2. The molecule has 0 unspecified atom stereocenters. The molecule has 4 heteroatoms. The van der Waals surface area contributed by atoms with Gasteiger partial charge in [0.15, 0.2) is 18.6 Å². The normalized spacial score (nSPS) is 11.2. The third-order valence-corrected chi connectivity index (χ3v) is 3.97. The van der Waals surface area contributed by atoms with E-state index in [1.807, 2.05) is 17.0 Å². The minimum Gasteiger partial charge on any atom is -1.00 e. The number of hydrogen-bond donors (Lipinski definition) is 0. The monoisotopic (exact) mass is 405 g/mol. The second-order valence-electron chi connectivity index (χ2n) is 3.23. The Bertz CT molecular complexity index is 508. The van der Waals surface area contributed by atoms with Crippen molar-refractivity contribution in [2.45, 2.75) is 0 Å². The SMILES string of the molecule is BrCC(Br)=C[n+]1ccc2ccccc2c1.[Br-]. The molecule has 0 amide bonds. The van der Waals surface area contributed by atoms with Crippen LogP contribution in [0, 0.1) is 0 Å². The van der Waals surface area contributed by atoms with E-state index in [0.717, 1.165) is 9.81 Å². The molecule has 0 fully saturated rings. The number of halogens is 3. The number of rotatable bonds is 2. The first-order valence-electron chi connectivity index (χ1n) is 4.61. The van der Waals surface area contributed by atoms with Crippen LogP contribution in [0.3, 0.4) is 0 Å². The number of benzene rings is 1. The number of nitrogens with zero attached hydrogens (tertiary/aromatic N) is 1. The molecule has 1 heterocycles. The van der Waals surface area contributed by atoms with Gasteiger partial charge in [-0.2, -0.15) is 4.57 Å². The summed E-state index contributed by atoms with van der Waals surface area (Å²) in [5.41, 5.74) is 0. The van der Waals surface area contributed by atoms with Gasteiger partial charge in [0, 0.05) is 16.8 Å². The van der Waals surface area contributed by atoms with E-state index in [-0.39, 0.29) is 17.0 Å². The maximum Gasteiger partial charge on any atom is 0.185 e. The molecule has 0 aliphatic rings. The van der Waals surface area contributed by atoms with Gasteiger partial charge < -0.3 is 17.0 Å². The highest BCUT2D eigenvalue weighted by atomic mass is 79.9. The molecule has 0 atom stereocenters. The van der Waals surface area contributed by atoms with Gasteiger partial charge in [-0.1, -0.05) is 34.1 Å². The van der Waals surface area contributed by atoms with E-state index in [2.05, 4.69) is 68.4 Å². The number of fused-ring (bicyclic) bond motifs is 1. The van der Waals surface area contributed by atoms with Gasteiger partial charge in [0.1, 0.15) is 0 Å². The van der Waals surface area contributed by atoms with E-state index in [1.54, 1.807) is 0 Å². The molecule has 84 valence electrons. The molecule has 1 aromatic heterocycles. The molecule has 0 radical (unpaired) electrons. The largest absolute Gasteiger partial charge is 1.00 e. The van der Waals surface area contributed by atoms with E-state index < -0.39 is 0 Å². The van der Waals surface area contributed by atoms with Crippen LogP contribution in [-0.2, 0) is 0 Å². The third-order valence-electron chi connectivity index (χ3n) is 2.13. The van der Waals surface area contributed by atoms with E-state index in [0.29, 0.717) is 0 Å². The summed E-state index contributed by atoms with van der Waals surface area (Å²) >= 11 is 6.86. The Hall–Kier alpha value is -0.190. The van der Waals surface area contributed by atoms with Gasteiger partial charge in [-0.25, -0.2) is 0 Å². The van der Waals surface area contributed by atoms with Crippen LogP contribution in [0.15, 0.2) is 47.2 Å². The summed E-state index contributed by atoms with van der Waals surface area (Å²) in [5, 5.41) is 3.33. The minimum absolute atomic E-state index is 0. The standard InChI is InChI=1S/C12H10Br2N.BrH/c13-7-12(14)9-15-6-5-10-3-1-2-4-11(10)8-15;/h1-6,8-9H,7H2;1H/q+1;/p-1. The summed E-state index contributed by atoms with van der Waals surface area (Å²) in [7, 11) is 0. The number of aromatic nitrogens is 1. The zero-order valence-electron chi connectivity index (χ0n) is 8.41. The molecule has 2 aromatic rings. The zero-order valence-corrected chi connectivity index (χ0v) is 13.2. The van der Waals surface area contributed by atoms with Crippen molar-refractivity contribution in [2.24, 2.45) is 0 Å². The maximum atomic E-state index is 3.47. The van der Waals surface area contributed by atoms with Crippen LogP contribution in [-0.4, -0.2) is 5.33 Å². The average Bonchev–Trinajstić information content (AvgIpc) is 2.29. The molecule has 0 aliphatic carbocycles. The van der Waals surface area contributed by atoms with Gasteiger partial charge in [0.05, 0.1) is 4.48 Å². The molecular weight excluding hydrogens is 398 g/mol. The lowest BCUT2D eigenvalue weighted by Gasteiger charge is -1.94. The van der Waals surface area contributed by atoms with Crippen LogP contribution in [0.1, 0.15) is 0 Å². The summed E-state index contributed by atoms with van der Waals surface area (Å²) in [5.74, 6) is 0. The highest BCUT2D eigenvalue weighted by Crippen LogP contribution is 2.11. The lowest BCUT2D eigenvalue weighted by Crippen LogP contribution is -3.00. The molecule has 0 aliphatic heterocycles. The van der Waals surface area contributed by atoms with Crippen molar-refractivity contribution >= 4 is 48.8 Å².